The highest BCUT2D eigenvalue weighted by molar-refractivity contribution is 8.04. The smallest absolute Gasteiger partial charge is 0.351 e. The van der Waals surface area contributed by atoms with Crippen molar-refractivity contribution in [3.63, 3.8) is 0 Å². The topological polar surface area (TPSA) is 70.4 Å². The lowest BCUT2D eigenvalue weighted by molar-refractivity contribution is -0.138. The number of para-hydroxylation sites is 1. The number of esters is 1. The van der Waals surface area contributed by atoms with Crippen LogP contribution in [0.5, 0.6) is 0 Å². The molecule has 1 aliphatic rings. The maximum atomic E-state index is 13.9. The number of thioether (sulfide) groups is 1. The standard InChI is InChI=1S/C14H11FN2O3S/c1-2-20-14(19)9(7-16)13-17(12(18)8-21-13)11-6-4-3-5-10(11)15/h3-6H,2,8H2,1H3/b13-9-. The second kappa shape index (κ2) is 6.41. The second-order valence-electron chi connectivity index (χ2n) is 3.98. The average Bonchev–Trinajstić information content (AvgIpc) is 2.82. The van der Waals surface area contributed by atoms with Crippen molar-refractivity contribution in [3.05, 3.63) is 40.7 Å². The Labute approximate surface area is 125 Å². The van der Waals surface area contributed by atoms with Gasteiger partial charge in [-0.2, -0.15) is 5.26 Å². The van der Waals surface area contributed by atoms with E-state index in [4.69, 9.17) is 10.00 Å². The van der Waals surface area contributed by atoms with Crippen molar-refractivity contribution in [3.8, 4) is 6.07 Å². The fourth-order valence-electron chi connectivity index (χ4n) is 1.82. The van der Waals surface area contributed by atoms with E-state index in [1.807, 2.05) is 0 Å². The van der Waals surface area contributed by atoms with Gasteiger partial charge in [-0.05, 0) is 19.1 Å². The number of hydrogen-bond donors (Lipinski definition) is 0. The molecular formula is C14H11FN2O3S. The lowest BCUT2D eigenvalue weighted by Crippen LogP contribution is -2.26. The zero-order chi connectivity index (χ0) is 15.4. The Kier molecular flexibility index (Phi) is 4.60. The number of benzene rings is 1. The summed E-state index contributed by atoms with van der Waals surface area (Å²) in [5.74, 6) is -1.78. The largest absolute Gasteiger partial charge is 0.462 e. The van der Waals surface area contributed by atoms with Crippen molar-refractivity contribution in [2.45, 2.75) is 6.92 Å². The fourth-order valence-corrected chi connectivity index (χ4v) is 2.81. The van der Waals surface area contributed by atoms with Gasteiger partial charge in [-0.1, -0.05) is 23.9 Å². The number of ether oxygens (including phenoxy) is 1. The summed E-state index contributed by atoms with van der Waals surface area (Å²) in [5, 5.41) is 9.25. The summed E-state index contributed by atoms with van der Waals surface area (Å²) in [4.78, 5) is 24.8. The molecule has 0 spiro atoms. The first-order chi connectivity index (χ1) is 10.1. The molecule has 1 amide bonds. The number of nitrogens with zero attached hydrogens (tertiary/aromatic N) is 2. The predicted octanol–water partition coefficient (Wildman–Crippen LogP) is 2.20. The summed E-state index contributed by atoms with van der Waals surface area (Å²) in [5.41, 5.74) is -0.282. The van der Waals surface area contributed by atoms with Crippen LogP contribution in [0.2, 0.25) is 0 Å². The van der Waals surface area contributed by atoms with E-state index >= 15 is 0 Å². The highest BCUT2D eigenvalue weighted by atomic mass is 32.2. The van der Waals surface area contributed by atoms with Crippen LogP contribution in [0.4, 0.5) is 10.1 Å². The van der Waals surface area contributed by atoms with Gasteiger partial charge in [0.2, 0.25) is 5.91 Å². The van der Waals surface area contributed by atoms with Crippen molar-refractivity contribution < 1.29 is 18.7 Å². The number of anilines is 1. The lowest BCUT2D eigenvalue weighted by atomic mass is 10.2. The minimum atomic E-state index is -0.821. The Bertz CT molecular complexity index is 666. The molecule has 0 aromatic heterocycles. The number of amides is 1. The maximum Gasteiger partial charge on any atom is 0.351 e. The molecule has 1 heterocycles. The first kappa shape index (κ1) is 15.1. The highest BCUT2D eigenvalue weighted by Crippen LogP contribution is 2.37. The van der Waals surface area contributed by atoms with E-state index in [1.165, 1.54) is 18.2 Å². The molecule has 1 aromatic carbocycles. The van der Waals surface area contributed by atoms with E-state index in [-0.39, 0.29) is 28.6 Å². The molecule has 1 aromatic rings. The van der Waals surface area contributed by atoms with Gasteiger partial charge >= 0.3 is 5.97 Å². The summed E-state index contributed by atoms with van der Waals surface area (Å²) in [6.07, 6.45) is 0. The van der Waals surface area contributed by atoms with E-state index < -0.39 is 17.7 Å². The van der Waals surface area contributed by atoms with Gasteiger partial charge in [0.15, 0.2) is 5.57 Å². The van der Waals surface area contributed by atoms with Crippen molar-refractivity contribution in [1.82, 2.24) is 0 Å². The Morgan fingerprint density at radius 2 is 2.24 bits per heavy atom. The molecule has 1 fully saturated rings. The van der Waals surface area contributed by atoms with Crippen LogP contribution in [0.15, 0.2) is 34.9 Å². The number of carbonyl (C=O) groups is 2. The number of rotatable bonds is 3. The molecule has 0 atom stereocenters. The third kappa shape index (κ3) is 2.90. The van der Waals surface area contributed by atoms with E-state index in [0.717, 1.165) is 16.7 Å². The third-order valence-corrected chi connectivity index (χ3v) is 3.73. The molecule has 5 nitrogen and oxygen atoms in total. The molecule has 1 aliphatic heterocycles. The molecule has 7 heteroatoms. The second-order valence-corrected chi connectivity index (χ2v) is 4.95. The zero-order valence-electron chi connectivity index (χ0n) is 11.1. The fraction of sp³-hybridized carbons (Fsp3) is 0.214. The molecule has 0 aliphatic carbocycles. The molecule has 0 radical (unpaired) electrons. The SMILES string of the molecule is CCOC(=O)/C(C#N)=C1\SCC(=O)N1c1ccccc1F. The maximum absolute atomic E-state index is 13.9. The summed E-state index contributed by atoms with van der Waals surface area (Å²) < 4.78 is 18.7. The first-order valence-electron chi connectivity index (χ1n) is 6.12. The van der Waals surface area contributed by atoms with Crippen molar-refractivity contribution >= 4 is 29.3 Å². The van der Waals surface area contributed by atoms with Crippen molar-refractivity contribution in [2.75, 3.05) is 17.3 Å². The molecule has 1 saturated heterocycles. The van der Waals surface area contributed by atoms with Gasteiger partial charge in [-0.15, -0.1) is 0 Å². The van der Waals surface area contributed by atoms with Crippen LogP contribution < -0.4 is 4.90 Å². The number of carbonyl (C=O) groups excluding carboxylic acids is 2. The molecule has 0 saturated carbocycles. The van der Waals surface area contributed by atoms with E-state index in [9.17, 15) is 14.0 Å². The van der Waals surface area contributed by atoms with E-state index in [1.54, 1.807) is 19.1 Å². The quantitative estimate of drug-likeness (QED) is 0.486. The van der Waals surface area contributed by atoms with Gasteiger partial charge in [-0.25, -0.2) is 9.18 Å². The molecule has 2 rings (SSSR count). The number of nitriles is 1. The molecule has 21 heavy (non-hydrogen) atoms. The van der Waals surface area contributed by atoms with Crippen LogP contribution in [0.25, 0.3) is 0 Å². The Balaban J connectivity index is 2.53. The van der Waals surface area contributed by atoms with Crippen LogP contribution in [0.1, 0.15) is 6.92 Å². The van der Waals surface area contributed by atoms with Gasteiger partial charge in [0.25, 0.3) is 0 Å². The molecule has 0 bridgehead atoms. The normalized spacial score (nSPS) is 16.6. The van der Waals surface area contributed by atoms with Crippen LogP contribution in [-0.2, 0) is 14.3 Å². The molecule has 0 N–H and O–H groups in total. The van der Waals surface area contributed by atoms with Gasteiger partial charge in [0, 0.05) is 0 Å². The van der Waals surface area contributed by atoms with Gasteiger partial charge < -0.3 is 4.74 Å². The molecule has 108 valence electrons. The monoisotopic (exact) mass is 306 g/mol. The van der Waals surface area contributed by atoms with Crippen LogP contribution in [-0.4, -0.2) is 24.2 Å². The van der Waals surface area contributed by atoms with Gasteiger partial charge in [0.1, 0.15) is 16.9 Å². The van der Waals surface area contributed by atoms with Crippen molar-refractivity contribution in [1.29, 1.82) is 5.26 Å². The lowest BCUT2D eigenvalue weighted by Gasteiger charge is -2.18. The van der Waals surface area contributed by atoms with Gasteiger partial charge in [0.05, 0.1) is 18.0 Å². The van der Waals surface area contributed by atoms with E-state index in [0.29, 0.717) is 0 Å². The number of halogens is 1. The van der Waals surface area contributed by atoms with Crippen LogP contribution in [0.3, 0.4) is 0 Å². The first-order valence-corrected chi connectivity index (χ1v) is 7.10. The minimum Gasteiger partial charge on any atom is -0.462 e. The summed E-state index contributed by atoms with van der Waals surface area (Å²) in [6, 6.07) is 7.42. The Hall–Kier alpha value is -2.33. The zero-order valence-corrected chi connectivity index (χ0v) is 11.9. The summed E-state index contributed by atoms with van der Waals surface area (Å²) in [6.45, 7) is 1.72. The highest BCUT2D eigenvalue weighted by Gasteiger charge is 2.34. The molecular weight excluding hydrogens is 295 g/mol. The van der Waals surface area contributed by atoms with Crippen molar-refractivity contribution in [2.24, 2.45) is 0 Å². The average molecular weight is 306 g/mol. The minimum absolute atomic E-state index is 0.0135. The third-order valence-electron chi connectivity index (χ3n) is 2.68. The molecule has 0 unspecified atom stereocenters. The Morgan fingerprint density at radius 1 is 1.52 bits per heavy atom. The van der Waals surface area contributed by atoms with E-state index in [2.05, 4.69) is 0 Å². The van der Waals surface area contributed by atoms with Gasteiger partial charge in [-0.3, -0.25) is 9.69 Å². The summed E-state index contributed by atoms with van der Waals surface area (Å²) in [7, 11) is 0. The summed E-state index contributed by atoms with van der Waals surface area (Å²) >= 11 is 1.02. The van der Waals surface area contributed by atoms with Crippen LogP contribution in [0, 0.1) is 17.1 Å². The predicted molar refractivity (Wildman–Crippen MR) is 75.6 cm³/mol. The van der Waals surface area contributed by atoms with Crippen LogP contribution >= 0.6 is 11.8 Å². The number of hydrogen-bond acceptors (Lipinski definition) is 5. The Morgan fingerprint density at radius 3 is 2.86 bits per heavy atom.